The predicted octanol–water partition coefficient (Wildman–Crippen LogP) is 1.90. The van der Waals surface area contributed by atoms with Crippen molar-refractivity contribution in [2.45, 2.75) is 0 Å². The summed E-state index contributed by atoms with van der Waals surface area (Å²) >= 11 is 0. The number of nitriles is 1. The van der Waals surface area contributed by atoms with Crippen LogP contribution in [0.3, 0.4) is 0 Å². The maximum Gasteiger partial charge on any atom is 0.269 e. The molecule has 2 aromatic carbocycles. The first-order valence-electron chi connectivity index (χ1n) is 5.61. The van der Waals surface area contributed by atoms with Crippen molar-refractivity contribution < 1.29 is 4.79 Å². The third-order valence-corrected chi connectivity index (χ3v) is 2.51. The van der Waals surface area contributed by atoms with Crippen LogP contribution in [0.1, 0.15) is 15.9 Å². The van der Waals surface area contributed by atoms with Gasteiger partial charge in [0.2, 0.25) is 0 Å². The molecule has 0 unspecified atom stereocenters. The number of carbonyl (C=O) groups excluding carboxylic acids is 1. The minimum Gasteiger partial charge on any atom is -0.399 e. The summed E-state index contributed by atoms with van der Waals surface area (Å²) in [7, 11) is 0. The van der Waals surface area contributed by atoms with Crippen molar-refractivity contribution in [2.24, 2.45) is 0 Å². The first-order chi connectivity index (χ1) is 9.19. The Bertz CT molecular complexity index is 611. The molecule has 5 nitrogen and oxygen atoms in total. The Kier molecular flexibility index (Phi) is 3.64. The largest absolute Gasteiger partial charge is 0.399 e. The van der Waals surface area contributed by atoms with Crippen LogP contribution in [0, 0.1) is 11.3 Å². The molecule has 0 aliphatic carbocycles. The maximum atomic E-state index is 11.8. The van der Waals surface area contributed by atoms with Gasteiger partial charge in [-0.3, -0.25) is 15.6 Å². The van der Waals surface area contributed by atoms with Gasteiger partial charge in [0.15, 0.2) is 0 Å². The molecule has 0 aliphatic rings. The Morgan fingerprint density at radius 1 is 1.05 bits per heavy atom. The van der Waals surface area contributed by atoms with Gasteiger partial charge in [-0.2, -0.15) is 5.26 Å². The Labute approximate surface area is 110 Å². The van der Waals surface area contributed by atoms with Crippen LogP contribution in [0.5, 0.6) is 0 Å². The first kappa shape index (κ1) is 12.5. The molecule has 5 heteroatoms. The van der Waals surface area contributed by atoms with Gasteiger partial charge in [0, 0.05) is 11.3 Å². The van der Waals surface area contributed by atoms with Crippen molar-refractivity contribution in [3.63, 3.8) is 0 Å². The minimum absolute atomic E-state index is 0.277. The molecule has 0 aromatic heterocycles. The normalized spacial score (nSPS) is 9.42. The van der Waals surface area contributed by atoms with Crippen LogP contribution >= 0.6 is 0 Å². The molecule has 0 bridgehead atoms. The lowest BCUT2D eigenvalue weighted by Crippen LogP contribution is -2.29. The number of anilines is 2. The number of hydrogen-bond donors (Lipinski definition) is 3. The lowest BCUT2D eigenvalue weighted by atomic mass is 10.1. The van der Waals surface area contributed by atoms with E-state index in [1.165, 1.54) is 0 Å². The van der Waals surface area contributed by atoms with E-state index in [2.05, 4.69) is 10.9 Å². The second-order valence-electron chi connectivity index (χ2n) is 3.89. The average Bonchev–Trinajstić information content (AvgIpc) is 2.46. The number of nitrogens with two attached hydrogens (primary N) is 1. The minimum atomic E-state index is -0.277. The fourth-order valence-electron chi connectivity index (χ4n) is 1.46. The second kappa shape index (κ2) is 5.56. The highest BCUT2D eigenvalue weighted by atomic mass is 16.2. The molecule has 0 heterocycles. The predicted molar refractivity (Wildman–Crippen MR) is 73.1 cm³/mol. The third kappa shape index (κ3) is 3.23. The number of nitrogens with one attached hydrogen (secondary N) is 2. The molecule has 0 saturated heterocycles. The highest BCUT2D eigenvalue weighted by Gasteiger charge is 2.04. The molecular formula is C14H12N4O. The van der Waals surface area contributed by atoms with E-state index in [9.17, 15) is 4.79 Å². The molecule has 19 heavy (non-hydrogen) atoms. The van der Waals surface area contributed by atoms with Gasteiger partial charge >= 0.3 is 0 Å². The van der Waals surface area contributed by atoms with Crippen LogP contribution < -0.4 is 16.6 Å². The summed E-state index contributed by atoms with van der Waals surface area (Å²) < 4.78 is 0. The van der Waals surface area contributed by atoms with E-state index in [0.29, 0.717) is 16.8 Å². The zero-order chi connectivity index (χ0) is 13.7. The molecule has 1 amide bonds. The van der Waals surface area contributed by atoms with Crippen molar-refractivity contribution in [2.75, 3.05) is 11.2 Å². The molecule has 0 fully saturated rings. The number of amides is 1. The van der Waals surface area contributed by atoms with Gasteiger partial charge in [-0.25, -0.2) is 0 Å². The van der Waals surface area contributed by atoms with E-state index >= 15 is 0 Å². The molecule has 0 spiro atoms. The maximum absolute atomic E-state index is 11.8. The molecule has 4 N–H and O–H groups in total. The summed E-state index contributed by atoms with van der Waals surface area (Å²) in [6.07, 6.45) is 0. The topological polar surface area (TPSA) is 90.9 Å². The van der Waals surface area contributed by atoms with Crippen molar-refractivity contribution in [1.29, 1.82) is 5.26 Å². The number of carbonyl (C=O) groups is 1. The smallest absolute Gasteiger partial charge is 0.269 e. The molecule has 0 radical (unpaired) electrons. The second-order valence-corrected chi connectivity index (χ2v) is 3.89. The van der Waals surface area contributed by atoms with Crippen LogP contribution in [0.15, 0.2) is 48.5 Å². The van der Waals surface area contributed by atoms with E-state index in [-0.39, 0.29) is 5.91 Å². The van der Waals surface area contributed by atoms with E-state index in [0.717, 1.165) is 5.69 Å². The van der Waals surface area contributed by atoms with Crippen LogP contribution in [0.2, 0.25) is 0 Å². The Hall–Kier alpha value is -3.00. The number of rotatable bonds is 3. The first-order valence-corrected chi connectivity index (χ1v) is 5.61. The molecule has 2 rings (SSSR count). The summed E-state index contributed by atoms with van der Waals surface area (Å²) in [6.45, 7) is 0. The number of benzene rings is 2. The molecular weight excluding hydrogens is 240 g/mol. The van der Waals surface area contributed by atoms with Gasteiger partial charge < -0.3 is 5.73 Å². The fraction of sp³-hybridized carbons (Fsp3) is 0. The van der Waals surface area contributed by atoms with Crippen molar-refractivity contribution in [3.8, 4) is 6.07 Å². The quantitative estimate of drug-likeness (QED) is 0.574. The lowest BCUT2D eigenvalue weighted by Gasteiger charge is -2.08. The lowest BCUT2D eigenvalue weighted by molar-refractivity contribution is 0.0962. The van der Waals surface area contributed by atoms with E-state index in [1.54, 1.807) is 48.5 Å². The standard InChI is InChI=1S/C14H12N4O/c15-9-10-1-3-11(4-2-10)14(19)18-17-13-7-5-12(16)6-8-13/h1-8,17H,16H2,(H,18,19). The summed E-state index contributed by atoms with van der Waals surface area (Å²) in [5.41, 5.74) is 13.3. The van der Waals surface area contributed by atoms with E-state index in [4.69, 9.17) is 11.0 Å². The number of hydrogen-bond acceptors (Lipinski definition) is 4. The van der Waals surface area contributed by atoms with Crippen LogP contribution in [0.25, 0.3) is 0 Å². The monoisotopic (exact) mass is 252 g/mol. The van der Waals surface area contributed by atoms with Crippen molar-refractivity contribution in [3.05, 3.63) is 59.7 Å². The summed E-state index contributed by atoms with van der Waals surface area (Å²) in [5.74, 6) is -0.277. The van der Waals surface area contributed by atoms with Gasteiger partial charge in [-0.05, 0) is 48.5 Å². The summed E-state index contributed by atoms with van der Waals surface area (Å²) in [4.78, 5) is 11.8. The Balaban J connectivity index is 1.97. The molecule has 0 atom stereocenters. The Morgan fingerprint density at radius 2 is 1.68 bits per heavy atom. The third-order valence-electron chi connectivity index (χ3n) is 2.51. The average molecular weight is 252 g/mol. The molecule has 0 saturated carbocycles. The molecule has 2 aromatic rings. The van der Waals surface area contributed by atoms with Gasteiger partial charge in [-0.1, -0.05) is 0 Å². The number of hydrazine groups is 1. The zero-order valence-corrected chi connectivity index (χ0v) is 10.1. The summed E-state index contributed by atoms with van der Waals surface area (Å²) in [6, 6.07) is 15.4. The zero-order valence-electron chi connectivity index (χ0n) is 10.1. The molecule has 0 aliphatic heterocycles. The highest BCUT2D eigenvalue weighted by Crippen LogP contribution is 2.09. The van der Waals surface area contributed by atoms with Crippen molar-refractivity contribution in [1.82, 2.24) is 5.43 Å². The SMILES string of the molecule is N#Cc1ccc(C(=O)NNc2ccc(N)cc2)cc1. The molecule has 94 valence electrons. The fourth-order valence-corrected chi connectivity index (χ4v) is 1.46. The Morgan fingerprint density at radius 3 is 2.26 bits per heavy atom. The van der Waals surface area contributed by atoms with E-state index in [1.807, 2.05) is 6.07 Å². The highest BCUT2D eigenvalue weighted by molar-refractivity contribution is 5.94. The number of nitrogens with zero attached hydrogens (tertiary/aromatic N) is 1. The van der Waals surface area contributed by atoms with Gasteiger partial charge in [0.25, 0.3) is 5.91 Å². The number of nitrogen functional groups attached to an aromatic ring is 1. The van der Waals surface area contributed by atoms with Crippen molar-refractivity contribution >= 4 is 17.3 Å². The summed E-state index contributed by atoms with van der Waals surface area (Å²) in [5, 5.41) is 8.67. The van der Waals surface area contributed by atoms with Gasteiger partial charge in [0.05, 0.1) is 17.3 Å². The van der Waals surface area contributed by atoms with Crippen LogP contribution in [-0.2, 0) is 0 Å². The van der Waals surface area contributed by atoms with E-state index < -0.39 is 0 Å². The van der Waals surface area contributed by atoms with Gasteiger partial charge in [-0.15, -0.1) is 0 Å². The van der Waals surface area contributed by atoms with Gasteiger partial charge in [0.1, 0.15) is 0 Å². The van der Waals surface area contributed by atoms with Crippen LogP contribution in [-0.4, -0.2) is 5.91 Å². The van der Waals surface area contributed by atoms with Crippen LogP contribution in [0.4, 0.5) is 11.4 Å².